The van der Waals surface area contributed by atoms with Gasteiger partial charge in [-0.1, -0.05) is 12.1 Å². The minimum absolute atomic E-state index is 0.129. The number of anilines is 1. The van der Waals surface area contributed by atoms with Crippen LogP contribution in [0.3, 0.4) is 0 Å². The Hall–Kier alpha value is -2.36. The van der Waals surface area contributed by atoms with Crippen molar-refractivity contribution in [3.63, 3.8) is 0 Å². The van der Waals surface area contributed by atoms with Gasteiger partial charge in [-0.2, -0.15) is 0 Å². The van der Waals surface area contributed by atoms with E-state index in [4.69, 9.17) is 5.73 Å². The molecule has 3 N–H and O–H groups in total. The molecule has 0 heterocycles. The Labute approximate surface area is 117 Å². The molecule has 0 radical (unpaired) electrons. The van der Waals surface area contributed by atoms with Crippen molar-refractivity contribution in [2.24, 2.45) is 0 Å². The van der Waals surface area contributed by atoms with Gasteiger partial charge in [0.1, 0.15) is 5.82 Å². The zero-order valence-electron chi connectivity index (χ0n) is 11.3. The second-order valence-corrected chi connectivity index (χ2v) is 4.70. The average molecular weight is 272 g/mol. The molecule has 1 amide bonds. The molecule has 0 aliphatic heterocycles. The molecule has 2 aromatic rings. The number of carbonyl (C=O) groups excluding carboxylic acids is 1. The van der Waals surface area contributed by atoms with Crippen LogP contribution in [0.25, 0.3) is 0 Å². The summed E-state index contributed by atoms with van der Waals surface area (Å²) in [5.74, 6) is -0.384. The maximum Gasteiger partial charge on any atom is 0.251 e. The Kier molecular flexibility index (Phi) is 4.35. The summed E-state index contributed by atoms with van der Waals surface area (Å²) in [5.41, 5.74) is 8.85. The second kappa shape index (κ2) is 6.19. The van der Waals surface area contributed by atoms with Crippen LogP contribution in [-0.4, -0.2) is 12.5 Å². The van der Waals surface area contributed by atoms with Crippen molar-refractivity contribution in [2.75, 3.05) is 12.3 Å². The molecule has 0 atom stereocenters. The lowest BCUT2D eigenvalue weighted by Crippen LogP contribution is -2.25. The number of hydrogen-bond donors (Lipinski definition) is 2. The molecule has 0 saturated carbocycles. The van der Waals surface area contributed by atoms with Gasteiger partial charge in [0.15, 0.2) is 0 Å². The molecule has 0 aliphatic rings. The standard InChI is InChI=1S/C16H17FN2O/c1-11-10-13(4-7-15(11)18)16(20)19-9-8-12-2-5-14(17)6-3-12/h2-7,10H,8-9,18H2,1H3,(H,19,20). The number of hydrogen-bond acceptors (Lipinski definition) is 2. The molecule has 2 rings (SSSR count). The summed E-state index contributed by atoms with van der Waals surface area (Å²) in [6, 6.07) is 11.5. The number of nitrogens with one attached hydrogen (secondary N) is 1. The number of nitrogen functional groups attached to an aromatic ring is 1. The molecule has 2 aromatic carbocycles. The Morgan fingerprint density at radius 1 is 1.20 bits per heavy atom. The van der Waals surface area contributed by atoms with Crippen molar-refractivity contribution in [3.8, 4) is 0 Å². The quantitative estimate of drug-likeness (QED) is 0.841. The SMILES string of the molecule is Cc1cc(C(=O)NCCc2ccc(F)cc2)ccc1N. The lowest BCUT2D eigenvalue weighted by molar-refractivity contribution is 0.0954. The minimum Gasteiger partial charge on any atom is -0.399 e. The summed E-state index contributed by atoms with van der Waals surface area (Å²) >= 11 is 0. The van der Waals surface area contributed by atoms with E-state index in [9.17, 15) is 9.18 Å². The predicted molar refractivity (Wildman–Crippen MR) is 78.0 cm³/mol. The van der Waals surface area contributed by atoms with E-state index in [1.54, 1.807) is 30.3 Å². The number of benzene rings is 2. The van der Waals surface area contributed by atoms with Crippen molar-refractivity contribution < 1.29 is 9.18 Å². The Morgan fingerprint density at radius 2 is 1.90 bits per heavy atom. The van der Waals surface area contributed by atoms with Crippen molar-refractivity contribution in [1.29, 1.82) is 0 Å². The normalized spacial score (nSPS) is 10.3. The first kappa shape index (κ1) is 14.1. The Morgan fingerprint density at radius 3 is 2.55 bits per heavy atom. The highest BCUT2D eigenvalue weighted by molar-refractivity contribution is 5.94. The van der Waals surface area contributed by atoms with Crippen molar-refractivity contribution in [3.05, 3.63) is 65.0 Å². The van der Waals surface area contributed by atoms with Crippen molar-refractivity contribution in [1.82, 2.24) is 5.32 Å². The van der Waals surface area contributed by atoms with Gasteiger partial charge >= 0.3 is 0 Å². The van der Waals surface area contributed by atoms with E-state index in [0.29, 0.717) is 24.2 Å². The fourth-order valence-corrected chi connectivity index (χ4v) is 1.89. The lowest BCUT2D eigenvalue weighted by Gasteiger charge is -2.07. The number of halogens is 1. The molecule has 20 heavy (non-hydrogen) atoms. The molecular weight excluding hydrogens is 255 g/mol. The molecule has 0 aliphatic carbocycles. The maximum atomic E-state index is 12.7. The van der Waals surface area contributed by atoms with E-state index < -0.39 is 0 Å². The highest BCUT2D eigenvalue weighted by Gasteiger charge is 2.06. The zero-order valence-corrected chi connectivity index (χ0v) is 11.3. The first-order valence-corrected chi connectivity index (χ1v) is 6.45. The molecule has 0 saturated heterocycles. The van der Waals surface area contributed by atoms with Crippen LogP contribution in [0.2, 0.25) is 0 Å². The highest BCUT2D eigenvalue weighted by atomic mass is 19.1. The van der Waals surface area contributed by atoms with Crippen LogP contribution in [0, 0.1) is 12.7 Å². The number of amides is 1. The van der Waals surface area contributed by atoms with Crippen molar-refractivity contribution in [2.45, 2.75) is 13.3 Å². The third-order valence-electron chi connectivity index (χ3n) is 3.14. The van der Waals surface area contributed by atoms with Crippen LogP contribution in [-0.2, 0) is 6.42 Å². The van der Waals surface area contributed by atoms with Gasteiger partial charge in [0.05, 0.1) is 0 Å². The predicted octanol–water partition coefficient (Wildman–Crippen LogP) is 2.69. The molecule has 0 unspecified atom stereocenters. The van der Waals surface area contributed by atoms with E-state index in [1.807, 2.05) is 6.92 Å². The van der Waals surface area contributed by atoms with Gasteiger partial charge in [0, 0.05) is 17.8 Å². The molecule has 4 heteroatoms. The summed E-state index contributed by atoms with van der Waals surface area (Å²) in [5, 5.41) is 2.84. The smallest absolute Gasteiger partial charge is 0.251 e. The largest absolute Gasteiger partial charge is 0.399 e. The number of carbonyl (C=O) groups is 1. The molecule has 104 valence electrons. The van der Waals surface area contributed by atoms with Gasteiger partial charge in [0.25, 0.3) is 5.91 Å². The fraction of sp³-hybridized carbons (Fsp3) is 0.188. The number of nitrogens with two attached hydrogens (primary N) is 1. The molecule has 0 spiro atoms. The minimum atomic E-state index is -0.255. The highest BCUT2D eigenvalue weighted by Crippen LogP contribution is 2.12. The summed E-state index contributed by atoms with van der Waals surface area (Å²) in [6.45, 7) is 2.37. The van der Waals surface area contributed by atoms with Crippen LogP contribution in [0.1, 0.15) is 21.5 Å². The Bertz CT molecular complexity index is 608. The maximum absolute atomic E-state index is 12.7. The first-order valence-electron chi connectivity index (χ1n) is 6.45. The number of rotatable bonds is 4. The molecule has 3 nitrogen and oxygen atoms in total. The van der Waals surface area contributed by atoms with E-state index in [-0.39, 0.29) is 11.7 Å². The molecule has 0 bridgehead atoms. The van der Waals surface area contributed by atoms with Crippen LogP contribution >= 0.6 is 0 Å². The zero-order chi connectivity index (χ0) is 14.5. The molecule has 0 aromatic heterocycles. The summed E-state index contributed by atoms with van der Waals surface area (Å²) < 4.78 is 12.7. The summed E-state index contributed by atoms with van der Waals surface area (Å²) in [4.78, 5) is 11.9. The van der Waals surface area contributed by atoms with Gasteiger partial charge in [0.2, 0.25) is 0 Å². The van der Waals surface area contributed by atoms with E-state index >= 15 is 0 Å². The van der Waals surface area contributed by atoms with E-state index in [1.165, 1.54) is 12.1 Å². The van der Waals surface area contributed by atoms with Gasteiger partial charge in [-0.25, -0.2) is 4.39 Å². The monoisotopic (exact) mass is 272 g/mol. The Balaban J connectivity index is 1.88. The van der Waals surface area contributed by atoms with Gasteiger partial charge in [-0.05, 0) is 54.8 Å². The summed E-state index contributed by atoms with van der Waals surface area (Å²) in [6.07, 6.45) is 0.667. The first-order chi connectivity index (χ1) is 9.56. The van der Waals surface area contributed by atoms with Crippen molar-refractivity contribution >= 4 is 11.6 Å². The second-order valence-electron chi connectivity index (χ2n) is 4.70. The third kappa shape index (κ3) is 3.57. The third-order valence-corrected chi connectivity index (χ3v) is 3.14. The number of aryl methyl sites for hydroxylation is 1. The topological polar surface area (TPSA) is 55.1 Å². The van der Waals surface area contributed by atoms with E-state index in [0.717, 1.165) is 11.1 Å². The lowest BCUT2D eigenvalue weighted by atomic mass is 10.1. The van der Waals surface area contributed by atoms with Crippen LogP contribution in [0.5, 0.6) is 0 Å². The molecule has 0 fully saturated rings. The van der Waals surface area contributed by atoms with Gasteiger partial charge in [-0.15, -0.1) is 0 Å². The molecular formula is C16H17FN2O. The van der Waals surface area contributed by atoms with E-state index in [2.05, 4.69) is 5.32 Å². The average Bonchev–Trinajstić information content (AvgIpc) is 2.44. The van der Waals surface area contributed by atoms with Gasteiger partial charge < -0.3 is 11.1 Å². The fourth-order valence-electron chi connectivity index (χ4n) is 1.89. The summed E-state index contributed by atoms with van der Waals surface area (Å²) in [7, 11) is 0. The van der Waals surface area contributed by atoms with Gasteiger partial charge in [-0.3, -0.25) is 4.79 Å². The van der Waals surface area contributed by atoms with Crippen LogP contribution in [0.15, 0.2) is 42.5 Å². The van der Waals surface area contributed by atoms with Crippen LogP contribution in [0.4, 0.5) is 10.1 Å². The van der Waals surface area contributed by atoms with Crippen LogP contribution < -0.4 is 11.1 Å².